The van der Waals surface area contributed by atoms with Crippen LogP contribution in [-0.2, 0) is 19.7 Å². The van der Waals surface area contributed by atoms with Gasteiger partial charge in [0, 0.05) is 11.8 Å². The molecule has 1 aliphatic rings. The van der Waals surface area contributed by atoms with Crippen LogP contribution in [0.5, 0.6) is 5.75 Å². The predicted octanol–water partition coefficient (Wildman–Crippen LogP) is 0.565. The molecule has 0 atom stereocenters. The molecule has 17 heavy (non-hydrogen) atoms. The second kappa shape index (κ2) is 3.58. The standard InChI is InChI=1S/C10H10O5S2/c1-16(12,13)6-7-5-8-9(11)3-2-4-10(8)17(7,14)15/h2-5,11H,6H2,1H3. The van der Waals surface area contributed by atoms with E-state index in [1.54, 1.807) is 0 Å². The molecule has 0 saturated carbocycles. The molecule has 2 rings (SSSR count). The third-order valence-electron chi connectivity index (χ3n) is 2.39. The molecular formula is C10H10O5S2. The lowest BCUT2D eigenvalue weighted by atomic mass is 10.2. The Morgan fingerprint density at radius 2 is 1.94 bits per heavy atom. The Bertz CT molecular complexity index is 711. The third-order valence-corrected chi connectivity index (χ3v) is 5.29. The van der Waals surface area contributed by atoms with E-state index < -0.39 is 25.4 Å². The number of aromatic hydroxyl groups is 1. The van der Waals surface area contributed by atoms with Gasteiger partial charge in [-0.05, 0) is 18.2 Å². The zero-order valence-electron chi connectivity index (χ0n) is 8.91. The van der Waals surface area contributed by atoms with E-state index in [-0.39, 0.29) is 21.1 Å². The summed E-state index contributed by atoms with van der Waals surface area (Å²) in [4.78, 5) is -0.243. The van der Waals surface area contributed by atoms with Crippen molar-refractivity contribution in [3.05, 3.63) is 28.7 Å². The fourth-order valence-corrected chi connectivity index (χ4v) is 4.80. The summed E-state index contributed by atoms with van der Waals surface area (Å²) in [7, 11) is -7.22. The van der Waals surface area contributed by atoms with E-state index in [4.69, 9.17) is 0 Å². The van der Waals surface area contributed by atoms with Crippen molar-refractivity contribution in [3.8, 4) is 5.75 Å². The number of hydrogen-bond donors (Lipinski definition) is 1. The van der Waals surface area contributed by atoms with E-state index in [0.717, 1.165) is 6.26 Å². The lowest BCUT2D eigenvalue weighted by Gasteiger charge is -2.02. The van der Waals surface area contributed by atoms with Gasteiger partial charge in [-0.2, -0.15) is 0 Å². The molecule has 1 N–H and O–H groups in total. The first kappa shape index (κ1) is 12.1. The maximum atomic E-state index is 12.0. The first-order chi connectivity index (χ1) is 7.72. The van der Waals surface area contributed by atoms with Crippen LogP contribution in [0, 0.1) is 0 Å². The minimum Gasteiger partial charge on any atom is -0.507 e. The average molecular weight is 274 g/mol. The summed E-state index contributed by atoms with van der Waals surface area (Å²) >= 11 is 0. The second-order valence-corrected chi connectivity index (χ2v) is 7.98. The van der Waals surface area contributed by atoms with Crippen LogP contribution in [0.15, 0.2) is 28.0 Å². The molecule has 0 spiro atoms. The smallest absolute Gasteiger partial charge is 0.204 e. The summed E-state index contributed by atoms with van der Waals surface area (Å²) in [6.45, 7) is 0. The molecule has 92 valence electrons. The number of rotatable bonds is 2. The molecule has 0 fully saturated rings. The number of hydrogen-bond acceptors (Lipinski definition) is 5. The Balaban J connectivity index is 2.63. The van der Waals surface area contributed by atoms with Crippen molar-refractivity contribution < 1.29 is 21.9 Å². The molecule has 0 saturated heterocycles. The van der Waals surface area contributed by atoms with E-state index in [1.807, 2.05) is 0 Å². The van der Waals surface area contributed by atoms with Gasteiger partial charge >= 0.3 is 0 Å². The normalized spacial score (nSPS) is 17.6. The van der Waals surface area contributed by atoms with Crippen LogP contribution in [-0.4, -0.2) is 34.0 Å². The van der Waals surface area contributed by atoms with Gasteiger partial charge in [0.25, 0.3) is 0 Å². The van der Waals surface area contributed by atoms with E-state index in [9.17, 15) is 21.9 Å². The second-order valence-electron chi connectivity index (χ2n) is 3.87. The molecule has 1 aromatic rings. The number of fused-ring (bicyclic) bond motifs is 1. The number of benzene rings is 1. The molecular weight excluding hydrogens is 264 g/mol. The summed E-state index contributed by atoms with van der Waals surface area (Å²) in [5.74, 6) is -0.724. The Labute approximate surface area is 99.2 Å². The third kappa shape index (κ3) is 2.07. The quantitative estimate of drug-likeness (QED) is 0.851. The lowest BCUT2D eigenvalue weighted by Crippen LogP contribution is -2.11. The SMILES string of the molecule is CS(=O)(=O)CC1=Cc2c(O)cccc2S1(=O)=O. The number of phenolic OH excluding ortho intramolecular Hbond substituents is 1. The summed E-state index contributed by atoms with van der Waals surface area (Å²) in [6.07, 6.45) is 2.17. The van der Waals surface area contributed by atoms with Gasteiger partial charge in [-0.25, -0.2) is 16.8 Å². The highest BCUT2D eigenvalue weighted by molar-refractivity contribution is 7.98. The minimum atomic E-state index is -3.78. The van der Waals surface area contributed by atoms with Gasteiger partial charge in [0.1, 0.15) is 5.75 Å². The van der Waals surface area contributed by atoms with Crippen LogP contribution >= 0.6 is 0 Å². The molecule has 5 nitrogen and oxygen atoms in total. The highest BCUT2D eigenvalue weighted by Gasteiger charge is 2.32. The van der Waals surface area contributed by atoms with Crippen LogP contribution in [0.2, 0.25) is 0 Å². The van der Waals surface area contributed by atoms with Gasteiger partial charge in [-0.15, -0.1) is 0 Å². The maximum Gasteiger partial charge on any atom is 0.204 e. The van der Waals surface area contributed by atoms with Crippen molar-refractivity contribution in [3.63, 3.8) is 0 Å². The van der Waals surface area contributed by atoms with Crippen LogP contribution < -0.4 is 0 Å². The Morgan fingerprint density at radius 1 is 1.29 bits per heavy atom. The highest BCUT2D eigenvalue weighted by Crippen LogP contribution is 2.37. The maximum absolute atomic E-state index is 12.0. The van der Waals surface area contributed by atoms with Crippen LogP contribution in [0.1, 0.15) is 5.56 Å². The van der Waals surface area contributed by atoms with Crippen molar-refractivity contribution in [2.24, 2.45) is 0 Å². The van der Waals surface area contributed by atoms with E-state index in [1.165, 1.54) is 24.3 Å². The summed E-state index contributed by atoms with van der Waals surface area (Å²) in [6, 6.07) is 4.10. The molecule has 1 heterocycles. The van der Waals surface area contributed by atoms with Gasteiger partial charge in [0.05, 0.1) is 15.6 Å². The molecule has 0 aliphatic carbocycles. The summed E-state index contributed by atoms with van der Waals surface area (Å²) < 4.78 is 46.2. The van der Waals surface area contributed by atoms with Crippen molar-refractivity contribution >= 4 is 25.8 Å². The van der Waals surface area contributed by atoms with Crippen molar-refractivity contribution in [2.45, 2.75) is 4.90 Å². The highest BCUT2D eigenvalue weighted by atomic mass is 32.2. The fraction of sp³-hybridized carbons (Fsp3) is 0.200. The molecule has 7 heteroatoms. The van der Waals surface area contributed by atoms with Crippen LogP contribution in [0.3, 0.4) is 0 Å². The monoisotopic (exact) mass is 274 g/mol. The summed E-state index contributed by atoms with van der Waals surface area (Å²) in [5.41, 5.74) is 0.158. The summed E-state index contributed by atoms with van der Waals surface area (Å²) in [5, 5.41) is 9.52. The molecule has 1 aromatic carbocycles. The Morgan fingerprint density at radius 3 is 2.47 bits per heavy atom. The van der Waals surface area contributed by atoms with E-state index >= 15 is 0 Å². The first-order valence-electron chi connectivity index (χ1n) is 4.67. The van der Waals surface area contributed by atoms with Gasteiger partial charge in [-0.3, -0.25) is 0 Å². The van der Waals surface area contributed by atoms with Crippen molar-refractivity contribution in [1.29, 1.82) is 0 Å². The first-order valence-corrected chi connectivity index (χ1v) is 8.21. The molecule has 0 bridgehead atoms. The van der Waals surface area contributed by atoms with Gasteiger partial charge in [0.15, 0.2) is 9.84 Å². The minimum absolute atomic E-state index is 0.0452. The fourth-order valence-electron chi connectivity index (χ4n) is 1.67. The van der Waals surface area contributed by atoms with Crippen LogP contribution in [0.4, 0.5) is 0 Å². The predicted molar refractivity (Wildman–Crippen MR) is 63.0 cm³/mol. The lowest BCUT2D eigenvalue weighted by molar-refractivity contribution is 0.472. The number of sulfone groups is 2. The van der Waals surface area contributed by atoms with Gasteiger partial charge in [0.2, 0.25) is 9.84 Å². The van der Waals surface area contributed by atoms with Crippen molar-refractivity contribution in [1.82, 2.24) is 0 Å². The molecule has 0 radical (unpaired) electrons. The van der Waals surface area contributed by atoms with Gasteiger partial charge in [-0.1, -0.05) is 6.07 Å². The Kier molecular flexibility index (Phi) is 2.55. The zero-order chi connectivity index (χ0) is 12.8. The van der Waals surface area contributed by atoms with E-state index in [2.05, 4.69) is 0 Å². The largest absolute Gasteiger partial charge is 0.507 e. The molecule has 0 unspecified atom stereocenters. The van der Waals surface area contributed by atoms with Crippen LogP contribution in [0.25, 0.3) is 6.08 Å². The Hall–Kier alpha value is -1.34. The topological polar surface area (TPSA) is 88.5 Å². The van der Waals surface area contributed by atoms with Gasteiger partial charge < -0.3 is 5.11 Å². The molecule has 1 aliphatic heterocycles. The average Bonchev–Trinajstić information content (AvgIpc) is 2.39. The molecule has 0 amide bonds. The number of phenols is 1. The van der Waals surface area contributed by atoms with E-state index in [0.29, 0.717) is 0 Å². The molecule has 0 aromatic heterocycles. The van der Waals surface area contributed by atoms with Crippen molar-refractivity contribution in [2.75, 3.05) is 12.0 Å². The zero-order valence-corrected chi connectivity index (χ0v) is 10.5.